The third-order valence-electron chi connectivity index (χ3n) is 1.11. The van der Waals surface area contributed by atoms with E-state index in [0.717, 1.165) is 5.82 Å². The molecule has 1 aromatic rings. The van der Waals surface area contributed by atoms with Crippen LogP contribution in [0.1, 0.15) is 0 Å². The fraction of sp³-hybridized carbons (Fsp3) is 0.444. The van der Waals surface area contributed by atoms with Gasteiger partial charge in [0, 0.05) is 43.6 Å². The largest absolute Gasteiger partial charge is 0.363 e. The normalized spacial score (nSPS) is 9.00. The Morgan fingerprint density at radius 2 is 1.85 bits per heavy atom. The van der Waals surface area contributed by atoms with Crippen LogP contribution in [0.2, 0.25) is 0 Å². The second kappa shape index (κ2) is 6.60. The molecule has 0 aliphatic rings. The van der Waals surface area contributed by atoms with Gasteiger partial charge in [-0.2, -0.15) is 0 Å². The monoisotopic (exact) mass is 200 g/mol. The molecule has 1 rings (SSSR count). The molecular formula is C9H16N2OS. The third-order valence-corrected chi connectivity index (χ3v) is 1.11. The van der Waals surface area contributed by atoms with Gasteiger partial charge in [-0.15, -0.1) is 0 Å². The van der Waals surface area contributed by atoms with Crippen molar-refractivity contribution in [2.24, 2.45) is 0 Å². The average molecular weight is 200 g/mol. The van der Waals surface area contributed by atoms with Crippen LogP contribution in [0.3, 0.4) is 0 Å². The van der Waals surface area contributed by atoms with Gasteiger partial charge in [-0.25, -0.2) is 4.98 Å². The summed E-state index contributed by atoms with van der Waals surface area (Å²) in [5.41, 5.74) is 0. The Kier molecular flexibility index (Phi) is 6.14. The van der Waals surface area contributed by atoms with Gasteiger partial charge in [0.05, 0.1) is 0 Å². The van der Waals surface area contributed by atoms with E-state index < -0.39 is 10.8 Å². The number of aromatic nitrogens is 1. The number of pyridine rings is 1. The lowest BCUT2D eigenvalue weighted by atomic mass is 10.4. The maximum absolute atomic E-state index is 9.56. The molecule has 0 spiro atoms. The zero-order valence-electron chi connectivity index (χ0n) is 8.52. The molecule has 0 aromatic carbocycles. The Labute approximate surface area is 82.3 Å². The molecule has 13 heavy (non-hydrogen) atoms. The summed E-state index contributed by atoms with van der Waals surface area (Å²) in [6.07, 6.45) is 5.06. The number of hydrogen-bond acceptors (Lipinski definition) is 3. The SMILES string of the molecule is CN(C)c1ccccn1.CS(C)=O. The van der Waals surface area contributed by atoms with Gasteiger partial charge in [0.2, 0.25) is 0 Å². The van der Waals surface area contributed by atoms with Gasteiger partial charge in [0.15, 0.2) is 0 Å². The first-order valence-electron chi connectivity index (χ1n) is 3.87. The van der Waals surface area contributed by atoms with Gasteiger partial charge in [0.1, 0.15) is 5.82 Å². The Hall–Kier alpha value is -0.900. The van der Waals surface area contributed by atoms with Crippen molar-refractivity contribution in [3.8, 4) is 0 Å². The van der Waals surface area contributed by atoms with Crippen molar-refractivity contribution in [3.63, 3.8) is 0 Å². The van der Waals surface area contributed by atoms with Crippen LogP contribution < -0.4 is 4.90 Å². The van der Waals surface area contributed by atoms with Gasteiger partial charge < -0.3 is 4.90 Å². The van der Waals surface area contributed by atoms with Crippen LogP contribution in [0.25, 0.3) is 0 Å². The molecule has 0 radical (unpaired) electrons. The maximum Gasteiger partial charge on any atom is 0.127 e. The second-order valence-electron chi connectivity index (χ2n) is 2.82. The highest BCUT2D eigenvalue weighted by molar-refractivity contribution is 7.83. The predicted octanol–water partition coefficient (Wildman–Crippen LogP) is 1.14. The molecule has 0 unspecified atom stereocenters. The quantitative estimate of drug-likeness (QED) is 0.681. The Bertz CT molecular complexity index is 245. The highest BCUT2D eigenvalue weighted by Gasteiger charge is 1.89. The predicted molar refractivity (Wildman–Crippen MR) is 58.6 cm³/mol. The van der Waals surface area contributed by atoms with Gasteiger partial charge in [-0.05, 0) is 12.1 Å². The Morgan fingerprint density at radius 3 is 2.08 bits per heavy atom. The van der Waals surface area contributed by atoms with Gasteiger partial charge >= 0.3 is 0 Å². The van der Waals surface area contributed by atoms with Gasteiger partial charge in [-0.1, -0.05) is 6.07 Å². The van der Waals surface area contributed by atoms with E-state index >= 15 is 0 Å². The van der Waals surface area contributed by atoms with E-state index in [1.807, 2.05) is 37.2 Å². The van der Waals surface area contributed by atoms with Crippen LogP contribution in [0.4, 0.5) is 5.82 Å². The van der Waals surface area contributed by atoms with E-state index in [1.54, 1.807) is 18.7 Å². The summed E-state index contributed by atoms with van der Waals surface area (Å²) in [6.45, 7) is 0. The zero-order valence-corrected chi connectivity index (χ0v) is 9.34. The van der Waals surface area contributed by atoms with E-state index in [2.05, 4.69) is 4.98 Å². The molecule has 0 amide bonds. The molecule has 0 aliphatic carbocycles. The van der Waals surface area contributed by atoms with Crippen molar-refractivity contribution in [2.75, 3.05) is 31.5 Å². The van der Waals surface area contributed by atoms with Crippen LogP contribution in [-0.2, 0) is 10.8 Å². The molecule has 1 aromatic heterocycles. The number of hydrogen-bond donors (Lipinski definition) is 0. The lowest BCUT2D eigenvalue weighted by molar-refractivity contribution is 0.690. The van der Waals surface area contributed by atoms with Crippen molar-refractivity contribution in [2.45, 2.75) is 0 Å². The van der Waals surface area contributed by atoms with Crippen LogP contribution >= 0.6 is 0 Å². The Morgan fingerprint density at radius 1 is 1.31 bits per heavy atom. The first kappa shape index (κ1) is 12.1. The van der Waals surface area contributed by atoms with Crippen molar-refractivity contribution in [1.82, 2.24) is 4.98 Å². The standard InChI is InChI=1S/C7H10N2.C2H6OS/c1-9(2)7-5-3-4-6-8-7;1-4(2)3/h3-6H,1-2H3;1-2H3. The molecule has 0 fully saturated rings. The summed E-state index contributed by atoms with van der Waals surface area (Å²) in [5.74, 6) is 0.998. The fourth-order valence-corrected chi connectivity index (χ4v) is 0.618. The third kappa shape index (κ3) is 7.46. The molecule has 0 saturated heterocycles. The summed E-state index contributed by atoms with van der Waals surface area (Å²) in [5, 5.41) is 0. The molecule has 0 N–H and O–H groups in total. The minimum atomic E-state index is -0.611. The van der Waals surface area contributed by atoms with E-state index in [4.69, 9.17) is 0 Å². The van der Waals surface area contributed by atoms with Crippen LogP contribution in [0, 0.1) is 0 Å². The number of nitrogens with zero attached hydrogens (tertiary/aromatic N) is 2. The highest BCUT2D eigenvalue weighted by Crippen LogP contribution is 2.02. The summed E-state index contributed by atoms with van der Waals surface area (Å²) < 4.78 is 9.56. The molecule has 74 valence electrons. The molecule has 0 bridgehead atoms. The summed E-state index contributed by atoms with van der Waals surface area (Å²) >= 11 is 0. The van der Waals surface area contributed by atoms with Crippen molar-refractivity contribution in [1.29, 1.82) is 0 Å². The highest BCUT2D eigenvalue weighted by atomic mass is 32.2. The second-order valence-corrected chi connectivity index (χ2v) is 4.31. The van der Waals surface area contributed by atoms with Gasteiger partial charge in [-0.3, -0.25) is 4.21 Å². The van der Waals surface area contributed by atoms with Crippen LogP contribution in [0.5, 0.6) is 0 Å². The van der Waals surface area contributed by atoms with E-state index in [-0.39, 0.29) is 0 Å². The fourth-order valence-electron chi connectivity index (χ4n) is 0.618. The number of anilines is 1. The van der Waals surface area contributed by atoms with Crippen molar-refractivity contribution in [3.05, 3.63) is 24.4 Å². The lowest BCUT2D eigenvalue weighted by Gasteiger charge is -2.08. The van der Waals surface area contributed by atoms with E-state index in [1.165, 1.54) is 0 Å². The van der Waals surface area contributed by atoms with Crippen molar-refractivity contribution < 1.29 is 4.21 Å². The maximum atomic E-state index is 9.56. The first-order valence-corrected chi connectivity index (χ1v) is 5.84. The van der Waals surface area contributed by atoms with E-state index in [9.17, 15) is 4.21 Å². The summed E-state index contributed by atoms with van der Waals surface area (Å²) in [6, 6.07) is 5.86. The molecule has 0 atom stereocenters. The molecular weight excluding hydrogens is 184 g/mol. The number of rotatable bonds is 1. The topological polar surface area (TPSA) is 33.2 Å². The molecule has 1 heterocycles. The first-order chi connectivity index (χ1) is 6.04. The molecule has 3 nitrogen and oxygen atoms in total. The Balaban J connectivity index is 0.000000310. The van der Waals surface area contributed by atoms with E-state index in [0.29, 0.717) is 0 Å². The average Bonchev–Trinajstić information content (AvgIpc) is 2.05. The van der Waals surface area contributed by atoms with Crippen molar-refractivity contribution >= 4 is 16.6 Å². The molecule has 0 aliphatic heterocycles. The van der Waals surface area contributed by atoms with Crippen LogP contribution in [-0.4, -0.2) is 35.8 Å². The zero-order chi connectivity index (χ0) is 10.3. The summed E-state index contributed by atoms with van der Waals surface area (Å²) in [4.78, 5) is 6.08. The molecule has 0 saturated carbocycles. The summed E-state index contributed by atoms with van der Waals surface area (Å²) in [7, 11) is 3.34. The minimum absolute atomic E-state index is 0.611. The lowest BCUT2D eigenvalue weighted by Crippen LogP contribution is -2.09. The minimum Gasteiger partial charge on any atom is -0.363 e. The van der Waals surface area contributed by atoms with Crippen LogP contribution in [0.15, 0.2) is 24.4 Å². The smallest absolute Gasteiger partial charge is 0.127 e. The van der Waals surface area contributed by atoms with Gasteiger partial charge in [0.25, 0.3) is 0 Å². The molecule has 4 heteroatoms.